The summed E-state index contributed by atoms with van der Waals surface area (Å²) in [4.78, 5) is 0.290. The lowest BCUT2D eigenvalue weighted by Gasteiger charge is -2.04. The van der Waals surface area contributed by atoms with Gasteiger partial charge in [0.1, 0.15) is 0 Å². The van der Waals surface area contributed by atoms with E-state index in [-0.39, 0.29) is 11.4 Å². The van der Waals surface area contributed by atoms with Gasteiger partial charge < -0.3 is 0 Å². The van der Waals surface area contributed by atoms with E-state index in [0.717, 1.165) is 12.0 Å². The van der Waals surface area contributed by atoms with Crippen LogP contribution in [0.25, 0.3) is 0 Å². The van der Waals surface area contributed by atoms with E-state index < -0.39 is 10.0 Å². The summed E-state index contributed by atoms with van der Waals surface area (Å²) in [5, 5.41) is 0. The van der Waals surface area contributed by atoms with Gasteiger partial charge in [-0.3, -0.25) is 0 Å². The number of hydrogen-bond donors (Lipinski definition) is 1. The number of benzene rings is 1. The van der Waals surface area contributed by atoms with Gasteiger partial charge in [0.2, 0.25) is 10.0 Å². The zero-order valence-corrected chi connectivity index (χ0v) is 12.5. The monoisotopic (exact) mass is 279 g/mol. The lowest BCUT2D eigenvalue weighted by molar-refractivity contribution is 0.585. The third kappa shape index (κ3) is 5.88. The molecular weight excluding hydrogens is 258 g/mol. The maximum atomic E-state index is 11.9. The second kappa shape index (κ2) is 7.29. The Hall–Kier alpha value is -1.35. The molecule has 0 bridgehead atoms. The number of rotatable bonds is 6. The molecule has 0 atom stereocenters. The smallest absolute Gasteiger partial charge is 0.207 e. The Kier molecular flexibility index (Phi) is 6.03. The Bertz CT molecular complexity index is 550. The van der Waals surface area contributed by atoms with Crippen LogP contribution in [0.15, 0.2) is 47.0 Å². The van der Waals surface area contributed by atoms with E-state index in [9.17, 15) is 8.42 Å². The van der Waals surface area contributed by atoms with E-state index in [4.69, 9.17) is 0 Å². The molecule has 0 saturated carbocycles. The molecule has 0 aliphatic heterocycles. The topological polar surface area (TPSA) is 46.2 Å². The van der Waals surface area contributed by atoms with Gasteiger partial charge >= 0.3 is 0 Å². The molecule has 0 aliphatic carbocycles. The predicted molar refractivity (Wildman–Crippen MR) is 78.5 cm³/mol. The van der Waals surface area contributed by atoms with E-state index >= 15 is 0 Å². The predicted octanol–water partition coefficient (Wildman–Crippen LogP) is 3.03. The van der Waals surface area contributed by atoms with Crippen LogP contribution in [0.1, 0.15) is 25.8 Å². The van der Waals surface area contributed by atoms with Gasteiger partial charge in [-0.25, -0.2) is 13.1 Å². The molecule has 1 rings (SSSR count). The average Bonchev–Trinajstić information content (AvgIpc) is 2.34. The molecule has 4 heteroatoms. The molecule has 0 spiro atoms. The lowest BCUT2D eigenvalue weighted by atomic mass is 10.1. The van der Waals surface area contributed by atoms with Crippen LogP contribution in [0.5, 0.6) is 0 Å². The summed E-state index contributed by atoms with van der Waals surface area (Å²) in [5.74, 6) is 0.588. The summed E-state index contributed by atoms with van der Waals surface area (Å²) in [6.07, 6.45) is 4.56. The van der Waals surface area contributed by atoms with Crippen molar-refractivity contribution in [2.24, 2.45) is 5.92 Å². The molecule has 1 N–H and O–H groups in total. The summed E-state index contributed by atoms with van der Waals surface area (Å²) in [5.41, 5.74) is 4.01. The Morgan fingerprint density at radius 2 is 1.84 bits per heavy atom. The van der Waals surface area contributed by atoms with Crippen molar-refractivity contribution >= 4 is 10.0 Å². The zero-order chi connectivity index (χ0) is 14.3. The Morgan fingerprint density at radius 1 is 1.21 bits per heavy atom. The number of aryl methyl sites for hydroxylation is 1. The van der Waals surface area contributed by atoms with Gasteiger partial charge in [0, 0.05) is 6.54 Å². The van der Waals surface area contributed by atoms with Crippen LogP contribution in [0.3, 0.4) is 0 Å². The average molecular weight is 279 g/mol. The third-order valence-electron chi connectivity index (χ3n) is 2.53. The third-order valence-corrected chi connectivity index (χ3v) is 3.97. The van der Waals surface area contributed by atoms with Crippen molar-refractivity contribution < 1.29 is 8.42 Å². The highest BCUT2D eigenvalue weighted by molar-refractivity contribution is 7.89. The van der Waals surface area contributed by atoms with Crippen molar-refractivity contribution in [1.82, 2.24) is 4.72 Å². The van der Waals surface area contributed by atoms with Crippen molar-refractivity contribution in [2.75, 3.05) is 6.54 Å². The van der Waals surface area contributed by atoms with Crippen LogP contribution >= 0.6 is 0 Å². The molecule has 0 heterocycles. The first kappa shape index (κ1) is 15.7. The normalized spacial score (nSPS) is 11.2. The van der Waals surface area contributed by atoms with Crippen molar-refractivity contribution in [2.45, 2.75) is 32.1 Å². The molecule has 0 saturated heterocycles. The Balaban J connectivity index is 2.57. The van der Waals surface area contributed by atoms with Crippen LogP contribution in [-0.2, 0) is 10.0 Å². The fraction of sp³-hybridized carbons (Fsp3) is 0.400. The van der Waals surface area contributed by atoms with Gasteiger partial charge in [-0.05, 0) is 43.5 Å². The maximum absolute atomic E-state index is 11.9. The summed E-state index contributed by atoms with van der Waals surface area (Å²) in [6, 6.07) is 6.78. The fourth-order valence-electron chi connectivity index (χ4n) is 1.40. The Labute approximate surface area is 116 Å². The second-order valence-electron chi connectivity index (χ2n) is 4.87. The minimum absolute atomic E-state index is 0.255. The van der Waals surface area contributed by atoms with Gasteiger partial charge in [-0.1, -0.05) is 31.5 Å². The summed E-state index contributed by atoms with van der Waals surface area (Å²) < 4.78 is 26.3. The van der Waals surface area contributed by atoms with Crippen LogP contribution < -0.4 is 4.72 Å². The molecule has 0 aliphatic rings. The highest BCUT2D eigenvalue weighted by Crippen LogP contribution is 2.09. The standard InChI is InChI=1S/C15H21NO2S/c1-13(2)7-5-4-6-12-16-19(17,18)15-10-8-14(3)9-11-15/h5-6,8-11,13,16H,7,12H2,1-3H3. The molecule has 3 nitrogen and oxygen atoms in total. The van der Waals surface area contributed by atoms with Gasteiger partial charge in [-0.15, -0.1) is 5.73 Å². The van der Waals surface area contributed by atoms with Crippen molar-refractivity contribution in [1.29, 1.82) is 0 Å². The molecule has 104 valence electrons. The van der Waals surface area contributed by atoms with Gasteiger partial charge in [0.25, 0.3) is 0 Å². The molecule has 1 aromatic rings. The lowest BCUT2D eigenvalue weighted by Crippen LogP contribution is -2.23. The number of sulfonamides is 1. The zero-order valence-electron chi connectivity index (χ0n) is 11.7. The molecule has 0 fully saturated rings. The van der Waals surface area contributed by atoms with Crippen LogP contribution in [0, 0.1) is 12.8 Å². The first-order chi connectivity index (χ1) is 8.92. The molecule has 0 unspecified atom stereocenters. The highest BCUT2D eigenvalue weighted by Gasteiger charge is 2.11. The van der Waals surface area contributed by atoms with Gasteiger partial charge in [0.05, 0.1) is 4.90 Å². The van der Waals surface area contributed by atoms with Crippen LogP contribution in [0.4, 0.5) is 0 Å². The molecule has 19 heavy (non-hydrogen) atoms. The largest absolute Gasteiger partial charge is 0.240 e. The first-order valence-corrected chi connectivity index (χ1v) is 7.86. The van der Waals surface area contributed by atoms with E-state index in [0.29, 0.717) is 5.92 Å². The van der Waals surface area contributed by atoms with Gasteiger partial charge in [-0.2, -0.15) is 0 Å². The van der Waals surface area contributed by atoms with Crippen molar-refractivity contribution in [3.8, 4) is 0 Å². The van der Waals surface area contributed by atoms with Crippen molar-refractivity contribution in [3.05, 3.63) is 47.7 Å². The van der Waals surface area contributed by atoms with Crippen molar-refractivity contribution in [3.63, 3.8) is 0 Å². The quantitative estimate of drug-likeness (QED) is 0.814. The molecule has 0 aromatic heterocycles. The van der Waals surface area contributed by atoms with Crippen LogP contribution in [0.2, 0.25) is 0 Å². The van der Waals surface area contributed by atoms with E-state index in [1.54, 1.807) is 30.3 Å². The van der Waals surface area contributed by atoms with Crippen LogP contribution in [-0.4, -0.2) is 15.0 Å². The number of hydrogen-bond acceptors (Lipinski definition) is 2. The molecule has 0 radical (unpaired) electrons. The van der Waals surface area contributed by atoms with E-state index in [2.05, 4.69) is 24.3 Å². The van der Waals surface area contributed by atoms with Gasteiger partial charge in [0.15, 0.2) is 0 Å². The minimum atomic E-state index is -3.42. The van der Waals surface area contributed by atoms with E-state index in [1.165, 1.54) is 0 Å². The first-order valence-electron chi connectivity index (χ1n) is 6.37. The molecule has 1 aromatic carbocycles. The second-order valence-corrected chi connectivity index (χ2v) is 6.64. The SMILES string of the molecule is Cc1ccc(S(=O)(=O)NCC=C=CCC(C)C)cc1. The summed E-state index contributed by atoms with van der Waals surface area (Å²) in [7, 11) is -3.42. The van der Waals surface area contributed by atoms with E-state index in [1.807, 2.05) is 13.0 Å². The summed E-state index contributed by atoms with van der Waals surface area (Å²) in [6.45, 7) is 6.42. The summed E-state index contributed by atoms with van der Waals surface area (Å²) >= 11 is 0. The number of nitrogens with one attached hydrogen (secondary N) is 1. The maximum Gasteiger partial charge on any atom is 0.240 e. The Morgan fingerprint density at radius 3 is 2.42 bits per heavy atom. The fourth-order valence-corrected chi connectivity index (χ4v) is 2.36. The molecular formula is C15H21NO2S. The minimum Gasteiger partial charge on any atom is -0.207 e. The highest BCUT2D eigenvalue weighted by atomic mass is 32.2. The molecule has 0 amide bonds.